The van der Waals surface area contributed by atoms with Gasteiger partial charge in [-0.3, -0.25) is 9.80 Å². The zero-order valence-corrected chi connectivity index (χ0v) is 14.5. The Morgan fingerprint density at radius 3 is 1.21 bits per heavy atom. The first-order chi connectivity index (χ1) is 11.8. The Morgan fingerprint density at radius 1 is 0.583 bits per heavy atom. The predicted octanol–water partition coefficient (Wildman–Crippen LogP) is 0.497. The lowest BCUT2D eigenvalue weighted by molar-refractivity contribution is 0.0678. The van der Waals surface area contributed by atoms with Crippen LogP contribution in [0.1, 0.15) is 25.7 Å². The highest BCUT2D eigenvalue weighted by molar-refractivity contribution is 4.92. The number of nitrogens with zero attached hydrogens (tertiary/aromatic N) is 2. The minimum absolute atomic E-state index is 0.472. The van der Waals surface area contributed by atoms with E-state index in [1.54, 1.807) is 0 Å². The number of ether oxygens (including phenoxy) is 4. The van der Waals surface area contributed by atoms with Crippen molar-refractivity contribution >= 4 is 0 Å². The van der Waals surface area contributed by atoms with Crippen LogP contribution in [0.4, 0.5) is 0 Å². The summed E-state index contributed by atoms with van der Waals surface area (Å²) in [7, 11) is 0. The average Bonchev–Trinajstić information content (AvgIpc) is 3.45. The van der Waals surface area contributed by atoms with Crippen LogP contribution >= 0.6 is 0 Å². The lowest BCUT2D eigenvalue weighted by Crippen LogP contribution is -2.49. The SMILES string of the molecule is C1CC(N(CC2CO2)CC2CO2)CC(N(CC2CO2)CC2CO2)C1. The van der Waals surface area contributed by atoms with Gasteiger partial charge in [-0.05, 0) is 19.3 Å². The quantitative estimate of drug-likeness (QED) is 0.541. The molecule has 6 nitrogen and oxygen atoms in total. The summed E-state index contributed by atoms with van der Waals surface area (Å²) in [6.45, 7) is 8.15. The summed E-state index contributed by atoms with van der Waals surface area (Å²) >= 11 is 0. The molecule has 1 saturated carbocycles. The Hall–Kier alpha value is -0.240. The van der Waals surface area contributed by atoms with Crippen molar-refractivity contribution in [2.45, 2.75) is 62.2 Å². The summed E-state index contributed by atoms with van der Waals surface area (Å²) in [5, 5.41) is 0. The van der Waals surface area contributed by atoms with Crippen molar-refractivity contribution in [2.75, 3.05) is 52.6 Å². The zero-order valence-electron chi connectivity index (χ0n) is 14.5. The van der Waals surface area contributed by atoms with Crippen molar-refractivity contribution in [1.29, 1.82) is 0 Å². The minimum atomic E-state index is 0.472. The molecule has 0 aromatic heterocycles. The molecular formula is C18H30N2O4. The Kier molecular flexibility index (Phi) is 4.54. The second-order valence-electron chi connectivity index (χ2n) is 8.20. The molecule has 6 heteroatoms. The number of hydrogen-bond donors (Lipinski definition) is 0. The molecule has 0 spiro atoms. The maximum atomic E-state index is 5.50. The van der Waals surface area contributed by atoms with Crippen LogP contribution in [0, 0.1) is 0 Å². The Bertz CT molecular complexity index is 369. The maximum absolute atomic E-state index is 5.50. The van der Waals surface area contributed by atoms with Gasteiger partial charge < -0.3 is 18.9 Å². The molecule has 0 amide bonds. The topological polar surface area (TPSA) is 56.6 Å². The highest BCUT2D eigenvalue weighted by atomic mass is 16.6. The fourth-order valence-corrected chi connectivity index (χ4v) is 4.29. The van der Waals surface area contributed by atoms with E-state index in [0.717, 1.165) is 52.6 Å². The standard InChI is InChI=1S/C18H30N2O4/c1-2-13(19(5-15-9-21-15)6-16-10-22-16)4-14(3-1)20(7-17-11-23-17)8-18-12-24-18/h13-18H,1-12H2. The van der Waals surface area contributed by atoms with Crippen LogP contribution in [0.5, 0.6) is 0 Å². The van der Waals surface area contributed by atoms with Gasteiger partial charge in [0.1, 0.15) is 0 Å². The minimum Gasteiger partial charge on any atom is -0.372 e. The van der Waals surface area contributed by atoms with E-state index in [9.17, 15) is 0 Å². The maximum Gasteiger partial charge on any atom is 0.0936 e. The normalized spacial score (nSPS) is 43.2. The van der Waals surface area contributed by atoms with Crippen LogP contribution in [0.15, 0.2) is 0 Å². The molecule has 0 radical (unpaired) electrons. The third kappa shape index (κ3) is 4.48. The number of rotatable bonds is 10. The molecule has 0 aromatic carbocycles. The van der Waals surface area contributed by atoms with Gasteiger partial charge in [-0.2, -0.15) is 0 Å². The Labute approximate surface area is 144 Å². The van der Waals surface area contributed by atoms with E-state index in [2.05, 4.69) is 9.80 Å². The third-order valence-electron chi connectivity index (χ3n) is 6.01. The number of epoxide rings is 4. The summed E-state index contributed by atoms with van der Waals surface area (Å²) in [5.74, 6) is 0. The van der Waals surface area contributed by atoms with E-state index in [1.807, 2.05) is 0 Å². The van der Waals surface area contributed by atoms with Gasteiger partial charge in [0, 0.05) is 38.3 Å². The van der Waals surface area contributed by atoms with Gasteiger partial charge in [-0.25, -0.2) is 0 Å². The number of hydrogen-bond acceptors (Lipinski definition) is 6. The first-order valence-electron chi connectivity index (χ1n) is 9.78. The summed E-state index contributed by atoms with van der Waals surface area (Å²) < 4.78 is 22.0. The van der Waals surface area contributed by atoms with Gasteiger partial charge in [0.15, 0.2) is 0 Å². The van der Waals surface area contributed by atoms with Crippen molar-refractivity contribution in [3.05, 3.63) is 0 Å². The third-order valence-corrected chi connectivity index (χ3v) is 6.01. The van der Waals surface area contributed by atoms with Crippen LogP contribution in [-0.2, 0) is 18.9 Å². The summed E-state index contributed by atoms with van der Waals surface area (Å²) in [5.41, 5.74) is 0. The summed E-state index contributed by atoms with van der Waals surface area (Å²) in [6.07, 6.45) is 7.14. The molecule has 5 fully saturated rings. The zero-order chi connectivity index (χ0) is 15.9. The predicted molar refractivity (Wildman–Crippen MR) is 88.2 cm³/mol. The monoisotopic (exact) mass is 338 g/mol. The molecule has 1 aliphatic carbocycles. The largest absolute Gasteiger partial charge is 0.372 e. The molecule has 4 saturated heterocycles. The fourth-order valence-electron chi connectivity index (χ4n) is 4.29. The highest BCUT2D eigenvalue weighted by Gasteiger charge is 2.39. The fraction of sp³-hybridized carbons (Fsp3) is 1.00. The molecule has 6 unspecified atom stereocenters. The van der Waals surface area contributed by atoms with E-state index in [0.29, 0.717) is 36.5 Å². The molecule has 24 heavy (non-hydrogen) atoms. The van der Waals surface area contributed by atoms with Crippen LogP contribution < -0.4 is 0 Å². The smallest absolute Gasteiger partial charge is 0.0936 e. The molecule has 0 N–H and O–H groups in total. The molecule has 6 atom stereocenters. The molecule has 5 rings (SSSR count). The Balaban J connectivity index is 1.21. The highest BCUT2D eigenvalue weighted by Crippen LogP contribution is 2.31. The molecular weight excluding hydrogens is 308 g/mol. The molecule has 4 aliphatic heterocycles. The summed E-state index contributed by atoms with van der Waals surface area (Å²) in [4.78, 5) is 5.34. The van der Waals surface area contributed by atoms with Crippen molar-refractivity contribution in [1.82, 2.24) is 9.80 Å². The first-order valence-corrected chi connectivity index (χ1v) is 9.78. The molecule has 5 aliphatic rings. The van der Waals surface area contributed by atoms with Crippen LogP contribution in [0.25, 0.3) is 0 Å². The van der Waals surface area contributed by atoms with Gasteiger partial charge in [0.05, 0.1) is 50.8 Å². The van der Waals surface area contributed by atoms with Crippen molar-refractivity contribution < 1.29 is 18.9 Å². The van der Waals surface area contributed by atoms with E-state index < -0.39 is 0 Å². The second kappa shape index (κ2) is 6.82. The van der Waals surface area contributed by atoms with E-state index in [1.165, 1.54) is 25.7 Å². The molecule has 4 heterocycles. The van der Waals surface area contributed by atoms with Crippen molar-refractivity contribution in [2.24, 2.45) is 0 Å². The molecule has 0 bridgehead atoms. The van der Waals surface area contributed by atoms with E-state index in [4.69, 9.17) is 18.9 Å². The van der Waals surface area contributed by atoms with Gasteiger partial charge in [-0.1, -0.05) is 6.42 Å². The lowest BCUT2D eigenvalue weighted by Gasteiger charge is -2.41. The first kappa shape index (κ1) is 16.0. The van der Waals surface area contributed by atoms with Gasteiger partial charge in [-0.15, -0.1) is 0 Å². The van der Waals surface area contributed by atoms with Crippen molar-refractivity contribution in [3.63, 3.8) is 0 Å². The van der Waals surface area contributed by atoms with Crippen LogP contribution in [0.3, 0.4) is 0 Å². The molecule has 0 aromatic rings. The van der Waals surface area contributed by atoms with Gasteiger partial charge >= 0.3 is 0 Å². The van der Waals surface area contributed by atoms with Crippen LogP contribution in [0.2, 0.25) is 0 Å². The van der Waals surface area contributed by atoms with Crippen molar-refractivity contribution in [3.8, 4) is 0 Å². The summed E-state index contributed by atoms with van der Waals surface area (Å²) in [6, 6.07) is 1.36. The van der Waals surface area contributed by atoms with Crippen LogP contribution in [-0.4, -0.2) is 98.9 Å². The molecule has 136 valence electrons. The van der Waals surface area contributed by atoms with Gasteiger partial charge in [0.2, 0.25) is 0 Å². The Morgan fingerprint density at radius 2 is 0.917 bits per heavy atom. The van der Waals surface area contributed by atoms with Gasteiger partial charge in [0.25, 0.3) is 0 Å². The second-order valence-corrected chi connectivity index (χ2v) is 8.20. The lowest BCUT2D eigenvalue weighted by atomic mass is 9.88. The van der Waals surface area contributed by atoms with E-state index in [-0.39, 0.29) is 0 Å². The van der Waals surface area contributed by atoms with E-state index >= 15 is 0 Å². The average molecular weight is 338 g/mol.